The van der Waals surface area contributed by atoms with Gasteiger partial charge in [-0.3, -0.25) is 4.79 Å². The molecule has 0 spiro atoms. The third kappa shape index (κ3) is 2.45. The lowest BCUT2D eigenvalue weighted by Gasteiger charge is -2.05. The van der Waals surface area contributed by atoms with Gasteiger partial charge >= 0.3 is 0 Å². The molecule has 3 aromatic carbocycles. The maximum atomic E-state index is 12.7. The lowest BCUT2D eigenvalue weighted by molar-refractivity contribution is -0.355. The topological polar surface area (TPSA) is 43.1 Å². The maximum Gasteiger partial charge on any atom is 0.272 e. The molecule has 3 heteroatoms. The first-order valence-electron chi connectivity index (χ1n) is 8.22. The average molecular weight is 327 g/mol. The molecular weight excluding hydrogens is 310 g/mol. The minimum absolute atomic E-state index is 0.194. The number of fused-ring (bicyclic) bond motifs is 1. The van der Waals surface area contributed by atoms with Gasteiger partial charge in [-0.15, -0.1) is 0 Å². The Morgan fingerprint density at radius 1 is 0.760 bits per heavy atom. The van der Waals surface area contributed by atoms with Crippen LogP contribution in [0.15, 0.2) is 66.7 Å². The van der Waals surface area contributed by atoms with Gasteiger partial charge in [0.05, 0.1) is 5.56 Å². The molecule has 1 aliphatic rings. The van der Waals surface area contributed by atoms with Crippen LogP contribution < -0.4 is 0 Å². The molecule has 0 aromatic heterocycles. The summed E-state index contributed by atoms with van der Waals surface area (Å²) in [7, 11) is 0. The molecule has 0 N–H and O–H groups in total. The molecule has 0 fully saturated rings. The standard InChI is InChI=1S/C22H17NO2/c1-14-12-19-20(13-15(14)2)23(25)21(22(19)24)18-10-8-17(9-11-18)16-6-4-3-5-7-16/h3-13H,1-2H3. The van der Waals surface area contributed by atoms with Gasteiger partial charge in [0.1, 0.15) is 5.56 Å². The SMILES string of the molecule is Cc1cc2c(cc1C)[N+]([O-])=C(c1ccc(-c3ccccc3)cc1)C2=O. The fraction of sp³-hybridized carbons (Fsp3) is 0.0909. The van der Waals surface area contributed by atoms with Gasteiger partial charge in [-0.2, -0.15) is 4.74 Å². The summed E-state index contributed by atoms with van der Waals surface area (Å²) in [6.07, 6.45) is 0. The number of aryl methyl sites for hydroxylation is 2. The van der Waals surface area contributed by atoms with E-state index in [0.29, 0.717) is 16.8 Å². The van der Waals surface area contributed by atoms with Crippen LogP contribution in [0.1, 0.15) is 27.0 Å². The molecule has 0 bridgehead atoms. The number of hydrogen-bond donors (Lipinski definition) is 0. The van der Waals surface area contributed by atoms with Crippen molar-refractivity contribution in [1.29, 1.82) is 0 Å². The predicted octanol–water partition coefficient (Wildman–Crippen LogP) is 4.80. The highest BCUT2D eigenvalue weighted by molar-refractivity contribution is 6.52. The first-order valence-corrected chi connectivity index (χ1v) is 8.22. The highest BCUT2D eigenvalue weighted by Gasteiger charge is 2.36. The second-order valence-electron chi connectivity index (χ2n) is 6.37. The van der Waals surface area contributed by atoms with Gasteiger partial charge in [0.15, 0.2) is 0 Å². The van der Waals surface area contributed by atoms with E-state index in [1.54, 1.807) is 6.07 Å². The van der Waals surface area contributed by atoms with E-state index >= 15 is 0 Å². The minimum atomic E-state index is -0.208. The Balaban J connectivity index is 1.76. The van der Waals surface area contributed by atoms with Crippen molar-refractivity contribution in [3.05, 3.63) is 94.2 Å². The average Bonchev–Trinajstić information content (AvgIpc) is 2.87. The van der Waals surface area contributed by atoms with Crippen LogP contribution in [0.25, 0.3) is 11.1 Å². The van der Waals surface area contributed by atoms with Crippen LogP contribution in [0.2, 0.25) is 0 Å². The monoisotopic (exact) mass is 327 g/mol. The van der Waals surface area contributed by atoms with E-state index in [4.69, 9.17) is 0 Å². The highest BCUT2D eigenvalue weighted by Crippen LogP contribution is 2.31. The molecule has 0 radical (unpaired) electrons. The Morgan fingerprint density at radius 2 is 1.32 bits per heavy atom. The minimum Gasteiger partial charge on any atom is -0.618 e. The van der Waals surface area contributed by atoms with Gasteiger partial charge in [-0.25, -0.2) is 0 Å². The van der Waals surface area contributed by atoms with Crippen LogP contribution in [0.5, 0.6) is 0 Å². The molecule has 0 saturated carbocycles. The van der Waals surface area contributed by atoms with Crippen molar-refractivity contribution in [3.63, 3.8) is 0 Å². The van der Waals surface area contributed by atoms with Crippen LogP contribution in [-0.2, 0) is 0 Å². The molecule has 4 rings (SSSR count). The zero-order valence-electron chi connectivity index (χ0n) is 14.1. The fourth-order valence-electron chi connectivity index (χ4n) is 3.19. The van der Waals surface area contributed by atoms with Crippen molar-refractivity contribution in [2.45, 2.75) is 13.8 Å². The largest absolute Gasteiger partial charge is 0.618 e. The Morgan fingerprint density at radius 3 is 2.00 bits per heavy atom. The molecule has 0 aliphatic carbocycles. The Bertz CT molecular complexity index is 1020. The van der Waals surface area contributed by atoms with Gasteiger partial charge < -0.3 is 5.21 Å². The molecule has 1 heterocycles. The van der Waals surface area contributed by atoms with Gasteiger partial charge in [0.25, 0.3) is 11.5 Å². The van der Waals surface area contributed by atoms with Crippen molar-refractivity contribution in [2.75, 3.05) is 0 Å². The molecule has 1 aliphatic heterocycles. The van der Waals surface area contributed by atoms with Crippen LogP contribution in [0, 0.1) is 19.1 Å². The first-order chi connectivity index (χ1) is 12.1. The van der Waals surface area contributed by atoms with Gasteiger partial charge in [-0.05, 0) is 54.3 Å². The summed E-state index contributed by atoms with van der Waals surface area (Å²) in [5, 5.41) is 12.7. The van der Waals surface area contributed by atoms with Gasteiger partial charge in [0.2, 0.25) is 5.69 Å². The number of benzene rings is 3. The normalized spacial score (nSPS) is 13.3. The number of carbonyl (C=O) groups excluding carboxylic acids is 1. The van der Waals surface area contributed by atoms with Gasteiger partial charge in [-0.1, -0.05) is 42.5 Å². The molecule has 122 valence electrons. The zero-order chi connectivity index (χ0) is 17.6. The Labute approximate surface area is 146 Å². The van der Waals surface area contributed by atoms with Crippen molar-refractivity contribution in [1.82, 2.24) is 0 Å². The molecule has 3 nitrogen and oxygen atoms in total. The van der Waals surface area contributed by atoms with E-state index in [0.717, 1.165) is 27.0 Å². The molecule has 3 aromatic rings. The predicted molar refractivity (Wildman–Crippen MR) is 99.5 cm³/mol. The summed E-state index contributed by atoms with van der Waals surface area (Å²) in [6, 6.07) is 21.2. The third-order valence-corrected chi connectivity index (χ3v) is 4.76. The summed E-state index contributed by atoms with van der Waals surface area (Å²) in [4.78, 5) is 12.7. The van der Waals surface area contributed by atoms with Crippen molar-refractivity contribution >= 4 is 17.2 Å². The Hall–Kier alpha value is -3.20. The number of ketones is 1. The fourth-order valence-corrected chi connectivity index (χ4v) is 3.19. The second kappa shape index (κ2) is 5.71. The summed E-state index contributed by atoms with van der Waals surface area (Å²) in [6.45, 7) is 3.89. The van der Waals surface area contributed by atoms with E-state index in [-0.39, 0.29) is 11.5 Å². The van der Waals surface area contributed by atoms with E-state index < -0.39 is 0 Å². The van der Waals surface area contributed by atoms with Gasteiger partial charge in [0, 0.05) is 6.07 Å². The molecule has 0 saturated heterocycles. The molecule has 0 amide bonds. The maximum absolute atomic E-state index is 12.7. The second-order valence-corrected chi connectivity index (χ2v) is 6.37. The van der Waals surface area contributed by atoms with Crippen molar-refractivity contribution < 1.29 is 9.53 Å². The Kier molecular flexibility index (Phi) is 3.50. The van der Waals surface area contributed by atoms with Crippen LogP contribution in [0.3, 0.4) is 0 Å². The zero-order valence-corrected chi connectivity index (χ0v) is 14.1. The third-order valence-electron chi connectivity index (χ3n) is 4.76. The van der Waals surface area contributed by atoms with E-state index in [2.05, 4.69) is 0 Å². The molecule has 0 unspecified atom stereocenters. The number of hydrogen-bond acceptors (Lipinski definition) is 2. The van der Waals surface area contributed by atoms with E-state index in [1.807, 2.05) is 74.5 Å². The molecule has 25 heavy (non-hydrogen) atoms. The highest BCUT2D eigenvalue weighted by atomic mass is 16.5. The molecular formula is C22H17NO2. The smallest absolute Gasteiger partial charge is 0.272 e. The van der Waals surface area contributed by atoms with Crippen LogP contribution >= 0.6 is 0 Å². The van der Waals surface area contributed by atoms with Crippen LogP contribution in [0.4, 0.5) is 5.69 Å². The van der Waals surface area contributed by atoms with Crippen molar-refractivity contribution in [2.24, 2.45) is 0 Å². The first kappa shape index (κ1) is 15.3. The number of nitrogens with zero attached hydrogens (tertiary/aromatic N) is 1. The molecule has 0 atom stereocenters. The van der Waals surface area contributed by atoms with E-state index in [9.17, 15) is 10.0 Å². The lowest BCUT2D eigenvalue weighted by atomic mass is 9.98. The quantitative estimate of drug-likeness (QED) is 0.501. The summed E-state index contributed by atoms with van der Waals surface area (Å²) < 4.78 is 0.766. The summed E-state index contributed by atoms with van der Waals surface area (Å²) in [5.41, 5.74) is 5.94. The number of carbonyl (C=O) groups is 1. The van der Waals surface area contributed by atoms with E-state index in [1.165, 1.54) is 0 Å². The lowest BCUT2D eigenvalue weighted by Crippen LogP contribution is -2.16. The van der Waals surface area contributed by atoms with Crippen molar-refractivity contribution in [3.8, 4) is 11.1 Å². The number of Topliss-reactive ketones (excluding diaryl/α,β-unsaturated/α-hetero) is 1. The summed E-state index contributed by atoms with van der Waals surface area (Å²) in [5.74, 6) is -0.208. The summed E-state index contributed by atoms with van der Waals surface area (Å²) >= 11 is 0. The van der Waals surface area contributed by atoms with Crippen LogP contribution in [-0.4, -0.2) is 16.2 Å². The number of rotatable bonds is 2.